The quantitative estimate of drug-likeness (QED) is 0.760. The van der Waals surface area contributed by atoms with E-state index in [-0.39, 0.29) is 5.91 Å². The maximum absolute atomic E-state index is 12.8. The summed E-state index contributed by atoms with van der Waals surface area (Å²) in [6.45, 7) is 3.71. The molecule has 3 aromatic rings. The lowest BCUT2D eigenvalue weighted by Crippen LogP contribution is -2.14. The largest absolute Gasteiger partial charge is 0.493 e. The predicted octanol–water partition coefficient (Wildman–Crippen LogP) is 3.76. The van der Waals surface area contributed by atoms with Gasteiger partial charge in [0.1, 0.15) is 0 Å². The van der Waals surface area contributed by atoms with Crippen molar-refractivity contribution in [2.45, 2.75) is 13.8 Å². The zero-order chi connectivity index (χ0) is 18.7. The van der Waals surface area contributed by atoms with Gasteiger partial charge in [-0.2, -0.15) is 5.10 Å². The molecule has 0 saturated carbocycles. The smallest absolute Gasteiger partial charge is 0.259 e. The van der Waals surface area contributed by atoms with Crippen molar-refractivity contribution in [2.24, 2.45) is 0 Å². The SMILES string of the molecule is COc1ccc(NC(=O)c2c(C)nn(-c3ccccc3)c2C)cc1OC. The fourth-order valence-corrected chi connectivity index (χ4v) is 2.90. The van der Waals surface area contributed by atoms with Crippen LogP contribution in [-0.4, -0.2) is 29.9 Å². The molecule has 0 spiro atoms. The summed E-state index contributed by atoms with van der Waals surface area (Å²) in [6.07, 6.45) is 0. The Labute approximate surface area is 152 Å². The third-order valence-electron chi connectivity index (χ3n) is 4.16. The van der Waals surface area contributed by atoms with Gasteiger partial charge >= 0.3 is 0 Å². The van der Waals surface area contributed by atoms with Gasteiger partial charge < -0.3 is 14.8 Å². The third kappa shape index (κ3) is 3.26. The molecule has 1 aromatic heterocycles. The molecule has 3 rings (SSSR count). The number of para-hydroxylation sites is 1. The van der Waals surface area contributed by atoms with E-state index in [4.69, 9.17) is 9.47 Å². The number of hydrogen-bond acceptors (Lipinski definition) is 4. The second-order valence-electron chi connectivity index (χ2n) is 5.82. The average molecular weight is 351 g/mol. The van der Waals surface area contributed by atoms with Crippen LogP contribution in [0, 0.1) is 13.8 Å². The number of rotatable bonds is 5. The van der Waals surface area contributed by atoms with Gasteiger partial charge in [-0.15, -0.1) is 0 Å². The number of amides is 1. The first-order chi connectivity index (χ1) is 12.5. The summed E-state index contributed by atoms with van der Waals surface area (Å²) in [7, 11) is 3.13. The summed E-state index contributed by atoms with van der Waals surface area (Å²) < 4.78 is 12.3. The molecule has 1 N–H and O–H groups in total. The van der Waals surface area contributed by atoms with Gasteiger partial charge in [0.25, 0.3) is 5.91 Å². The molecule has 0 atom stereocenters. The van der Waals surface area contributed by atoms with E-state index in [0.29, 0.717) is 28.4 Å². The number of nitrogens with one attached hydrogen (secondary N) is 1. The number of aromatic nitrogens is 2. The molecule has 134 valence electrons. The molecule has 1 heterocycles. The van der Waals surface area contributed by atoms with Gasteiger partial charge in [0, 0.05) is 11.8 Å². The number of ether oxygens (including phenoxy) is 2. The lowest BCUT2D eigenvalue weighted by molar-refractivity contribution is 0.102. The first-order valence-corrected chi connectivity index (χ1v) is 8.20. The number of nitrogens with zero attached hydrogens (tertiary/aromatic N) is 2. The molecular weight excluding hydrogens is 330 g/mol. The summed E-state index contributed by atoms with van der Waals surface area (Å²) in [4.78, 5) is 12.8. The minimum absolute atomic E-state index is 0.214. The minimum atomic E-state index is -0.214. The van der Waals surface area contributed by atoms with Gasteiger partial charge in [-0.3, -0.25) is 4.79 Å². The fourth-order valence-electron chi connectivity index (χ4n) is 2.90. The molecule has 1 amide bonds. The van der Waals surface area contributed by atoms with Crippen LogP contribution in [0.4, 0.5) is 5.69 Å². The fraction of sp³-hybridized carbons (Fsp3) is 0.200. The van der Waals surface area contributed by atoms with Crippen molar-refractivity contribution in [3.05, 3.63) is 65.5 Å². The highest BCUT2D eigenvalue weighted by atomic mass is 16.5. The standard InChI is InChI=1S/C20H21N3O3/c1-13-19(14(2)23(22-13)16-8-6-5-7-9-16)20(24)21-15-10-11-17(25-3)18(12-15)26-4/h5-12H,1-4H3,(H,21,24). The molecule has 0 bridgehead atoms. The first-order valence-electron chi connectivity index (χ1n) is 8.20. The van der Waals surface area contributed by atoms with Crippen LogP contribution >= 0.6 is 0 Å². The maximum Gasteiger partial charge on any atom is 0.259 e. The van der Waals surface area contributed by atoms with E-state index in [2.05, 4.69) is 10.4 Å². The van der Waals surface area contributed by atoms with Gasteiger partial charge in [0.15, 0.2) is 11.5 Å². The van der Waals surface area contributed by atoms with Crippen LogP contribution < -0.4 is 14.8 Å². The molecule has 26 heavy (non-hydrogen) atoms. The number of benzene rings is 2. The third-order valence-corrected chi connectivity index (χ3v) is 4.16. The zero-order valence-electron chi connectivity index (χ0n) is 15.2. The van der Waals surface area contributed by atoms with E-state index in [0.717, 1.165) is 11.4 Å². The number of carbonyl (C=O) groups excluding carboxylic acids is 1. The van der Waals surface area contributed by atoms with Crippen LogP contribution in [0.3, 0.4) is 0 Å². The summed E-state index contributed by atoms with van der Waals surface area (Å²) in [6, 6.07) is 15.0. The van der Waals surface area contributed by atoms with Crippen LogP contribution in [0.1, 0.15) is 21.7 Å². The first kappa shape index (κ1) is 17.5. The molecule has 6 heteroatoms. The Morgan fingerprint density at radius 3 is 2.35 bits per heavy atom. The van der Waals surface area contributed by atoms with Crippen molar-refractivity contribution >= 4 is 11.6 Å². The monoisotopic (exact) mass is 351 g/mol. The van der Waals surface area contributed by atoms with E-state index >= 15 is 0 Å². The predicted molar refractivity (Wildman–Crippen MR) is 101 cm³/mol. The molecule has 0 aliphatic heterocycles. The van der Waals surface area contributed by atoms with Gasteiger partial charge in [0.2, 0.25) is 0 Å². The van der Waals surface area contributed by atoms with Crippen molar-refractivity contribution in [3.8, 4) is 17.2 Å². The summed E-state index contributed by atoms with van der Waals surface area (Å²) >= 11 is 0. The molecule has 0 aliphatic rings. The highest BCUT2D eigenvalue weighted by Gasteiger charge is 2.20. The Morgan fingerprint density at radius 1 is 1.00 bits per heavy atom. The highest BCUT2D eigenvalue weighted by molar-refractivity contribution is 6.06. The Morgan fingerprint density at radius 2 is 1.69 bits per heavy atom. The summed E-state index contributed by atoms with van der Waals surface area (Å²) in [5.74, 6) is 0.947. The van der Waals surface area contributed by atoms with Crippen LogP contribution in [-0.2, 0) is 0 Å². The van der Waals surface area contributed by atoms with Crippen molar-refractivity contribution in [1.82, 2.24) is 9.78 Å². The highest BCUT2D eigenvalue weighted by Crippen LogP contribution is 2.30. The van der Waals surface area contributed by atoms with Gasteiger partial charge in [-0.05, 0) is 38.1 Å². The van der Waals surface area contributed by atoms with E-state index in [1.54, 1.807) is 37.1 Å². The Hall–Kier alpha value is -3.28. The molecule has 0 fully saturated rings. The van der Waals surface area contributed by atoms with Gasteiger partial charge in [-0.25, -0.2) is 4.68 Å². The number of anilines is 1. The molecule has 0 aliphatic carbocycles. The van der Waals surface area contributed by atoms with Crippen LogP contribution in [0.15, 0.2) is 48.5 Å². The Bertz CT molecular complexity index is 933. The number of aryl methyl sites for hydroxylation is 1. The lowest BCUT2D eigenvalue weighted by atomic mass is 10.1. The number of carbonyl (C=O) groups is 1. The normalized spacial score (nSPS) is 10.5. The average Bonchev–Trinajstić information content (AvgIpc) is 2.96. The molecule has 0 unspecified atom stereocenters. The molecule has 0 radical (unpaired) electrons. The Balaban J connectivity index is 1.90. The van der Waals surface area contributed by atoms with E-state index in [9.17, 15) is 4.79 Å². The van der Waals surface area contributed by atoms with Crippen molar-refractivity contribution in [1.29, 1.82) is 0 Å². The molecular formula is C20H21N3O3. The maximum atomic E-state index is 12.8. The Kier molecular flexibility index (Phi) is 4.93. The van der Waals surface area contributed by atoms with Crippen molar-refractivity contribution in [3.63, 3.8) is 0 Å². The number of methoxy groups -OCH3 is 2. The van der Waals surface area contributed by atoms with Gasteiger partial charge in [0.05, 0.1) is 36.9 Å². The summed E-state index contributed by atoms with van der Waals surface area (Å²) in [5, 5.41) is 7.42. The molecule has 0 saturated heterocycles. The molecule has 6 nitrogen and oxygen atoms in total. The lowest BCUT2D eigenvalue weighted by Gasteiger charge is -2.11. The van der Waals surface area contributed by atoms with Crippen LogP contribution in [0.25, 0.3) is 5.69 Å². The van der Waals surface area contributed by atoms with E-state index in [1.807, 2.05) is 44.2 Å². The second kappa shape index (κ2) is 7.31. The molecule has 2 aromatic carbocycles. The topological polar surface area (TPSA) is 65.4 Å². The van der Waals surface area contributed by atoms with Crippen LogP contribution in [0.5, 0.6) is 11.5 Å². The van der Waals surface area contributed by atoms with E-state index < -0.39 is 0 Å². The van der Waals surface area contributed by atoms with Crippen LogP contribution in [0.2, 0.25) is 0 Å². The van der Waals surface area contributed by atoms with E-state index in [1.165, 1.54) is 0 Å². The van der Waals surface area contributed by atoms with Crippen molar-refractivity contribution < 1.29 is 14.3 Å². The minimum Gasteiger partial charge on any atom is -0.493 e. The number of hydrogen-bond donors (Lipinski definition) is 1. The summed E-state index contributed by atoms with van der Waals surface area (Å²) in [5.41, 5.74) is 3.55. The van der Waals surface area contributed by atoms with Gasteiger partial charge in [-0.1, -0.05) is 18.2 Å². The second-order valence-corrected chi connectivity index (χ2v) is 5.82. The zero-order valence-corrected chi connectivity index (χ0v) is 15.2. The van der Waals surface area contributed by atoms with Crippen molar-refractivity contribution in [2.75, 3.05) is 19.5 Å².